The highest BCUT2D eigenvalue weighted by molar-refractivity contribution is 5.83. The SMILES string of the molecule is CCCCN(CCCC)CC([O])c1ccc2ccccc2c1. The van der Waals surface area contributed by atoms with Gasteiger partial charge in [0.15, 0.2) is 0 Å². The van der Waals surface area contributed by atoms with Crippen molar-refractivity contribution in [2.75, 3.05) is 19.6 Å². The molecule has 0 aromatic heterocycles. The predicted molar refractivity (Wildman–Crippen MR) is 93.6 cm³/mol. The summed E-state index contributed by atoms with van der Waals surface area (Å²) in [7, 11) is 0. The lowest BCUT2D eigenvalue weighted by Crippen LogP contribution is -2.30. The monoisotopic (exact) mass is 298 g/mol. The van der Waals surface area contributed by atoms with E-state index in [4.69, 9.17) is 0 Å². The van der Waals surface area contributed by atoms with Crippen LogP contribution < -0.4 is 0 Å². The lowest BCUT2D eigenvalue weighted by Gasteiger charge is -2.24. The van der Waals surface area contributed by atoms with Crippen LogP contribution >= 0.6 is 0 Å². The van der Waals surface area contributed by atoms with Gasteiger partial charge in [0, 0.05) is 6.54 Å². The Kier molecular flexibility index (Phi) is 6.88. The first-order valence-corrected chi connectivity index (χ1v) is 8.61. The van der Waals surface area contributed by atoms with Crippen LogP contribution in [0, 0.1) is 0 Å². The van der Waals surface area contributed by atoms with Crippen molar-refractivity contribution in [3.63, 3.8) is 0 Å². The maximum Gasteiger partial charge on any atom is 0.131 e. The molecule has 0 fully saturated rings. The molecular formula is C20H28NO. The summed E-state index contributed by atoms with van der Waals surface area (Å²) in [6.07, 6.45) is 4.06. The highest BCUT2D eigenvalue weighted by Crippen LogP contribution is 2.22. The number of nitrogens with zero attached hydrogens (tertiary/aromatic N) is 1. The smallest absolute Gasteiger partial charge is 0.131 e. The molecule has 0 saturated heterocycles. The number of unbranched alkanes of at least 4 members (excludes halogenated alkanes) is 2. The van der Waals surface area contributed by atoms with E-state index in [0.717, 1.165) is 24.0 Å². The van der Waals surface area contributed by atoms with Crippen LogP contribution in [0.1, 0.15) is 51.2 Å². The Morgan fingerprint density at radius 1 is 0.909 bits per heavy atom. The molecule has 0 amide bonds. The van der Waals surface area contributed by atoms with E-state index >= 15 is 0 Å². The molecule has 2 heteroatoms. The summed E-state index contributed by atoms with van der Waals surface area (Å²) in [6, 6.07) is 14.4. The summed E-state index contributed by atoms with van der Waals surface area (Å²) < 4.78 is 0. The molecule has 0 aliphatic rings. The summed E-state index contributed by atoms with van der Waals surface area (Å²) >= 11 is 0. The molecule has 0 aliphatic heterocycles. The van der Waals surface area contributed by atoms with Crippen molar-refractivity contribution in [2.24, 2.45) is 0 Å². The lowest BCUT2D eigenvalue weighted by molar-refractivity contribution is 0.0489. The minimum Gasteiger partial charge on any atom is -0.300 e. The molecule has 119 valence electrons. The Hall–Kier alpha value is -1.38. The van der Waals surface area contributed by atoms with E-state index in [2.05, 4.69) is 43.0 Å². The number of fused-ring (bicyclic) bond motifs is 1. The first kappa shape index (κ1) is 17.0. The average molecular weight is 298 g/mol. The standard InChI is InChI=1S/C20H28NO/c1-3-5-13-21(14-6-4-2)16-20(22)19-12-11-17-9-7-8-10-18(17)15-19/h7-12,15,20H,3-6,13-14,16H2,1-2H3. The van der Waals surface area contributed by atoms with Crippen LogP contribution in [0.15, 0.2) is 42.5 Å². The Morgan fingerprint density at radius 2 is 1.55 bits per heavy atom. The van der Waals surface area contributed by atoms with Gasteiger partial charge in [0.05, 0.1) is 0 Å². The van der Waals surface area contributed by atoms with Gasteiger partial charge in [-0.1, -0.05) is 63.1 Å². The highest BCUT2D eigenvalue weighted by atomic mass is 16.3. The van der Waals surface area contributed by atoms with E-state index < -0.39 is 6.10 Å². The third-order valence-electron chi connectivity index (χ3n) is 4.23. The zero-order valence-electron chi connectivity index (χ0n) is 13.9. The van der Waals surface area contributed by atoms with Crippen molar-refractivity contribution < 1.29 is 5.11 Å². The molecule has 0 bridgehead atoms. The second kappa shape index (κ2) is 8.92. The Labute approximate surface area is 134 Å². The lowest BCUT2D eigenvalue weighted by atomic mass is 10.0. The van der Waals surface area contributed by atoms with Crippen molar-refractivity contribution in [1.29, 1.82) is 0 Å². The fourth-order valence-electron chi connectivity index (χ4n) is 2.81. The topological polar surface area (TPSA) is 23.1 Å². The van der Waals surface area contributed by atoms with Gasteiger partial charge in [-0.05, 0) is 48.3 Å². The van der Waals surface area contributed by atoms with Gasteiger partial charge >= 0.3 is 0 Å². The number of hydrogen-bond donors (Lipinski definition) is 0. The highest BCUT2D eigenvalue weighted by Gasteiger charge is 2.15. The zero-order chi connectivity index (χ0) is 15.8. The molecule has 2 nitrogen and oxygen atoms in total. The number of benzene rings is 2. The van der Waals surface area contributed by atoms with Gasteiger partial charge in [-0.3, -0.25) is 0 Å². The van der Waals surface area contributed by atoms with E-state index in [0.29, 0.717) is 6.54 Å². The normalized spacial score (nSPS) is 12.9. The van der Waals surface area contributed by atoms with Crippen LogP contribution in [0.3, 0.4) is 0 Å². The molecule has 1 unspecified atom stereocenters. The van der Waals surface area contributed by atoms with Crippen LogP contribution in [0.5, 0.6) is 0 Å². The van der Waals surface area contributed by atoms with Gasteiger partial charge in [-0.2, -0.15) is 0 Å². The quantitative estimate of drug-likeness (QED) is 0.623. The number of rotatable bonds is 9. The van der Waals surface area contributed by atoms with E-state index in [1.807, 2.05) is 18.2 Å². The minimum absolute atomic E-state index is 0.623. The molecule has 22 heavy (non-hydrogen) atoms. The molecule has 0 N–H and O–H groups in total. The van der Waals surface area contributed by atoms with Crippen LogP contribution in [-0.4, -0.2) is 24.5 Å². The van der Waals surface area contributed by atoms with E-state index in [1.165, 1.54) is 31.1 Å². The second-order valence-corrected chi connectivity index (χ2v) is 6.10. The van der Waals surface area contributed by atoms with Crippen LogP contribution in [0.25, 0.3) is 10.8 Å². The van der Waals surface area contributed by atoms with Gasteiger partial charge in [-0.25, -0.2) is 5.11 Å². The van der Waals surface area contributed by atoms with Gasteiger partial charge in [0.1, 0.15) is 6.10 Å². The summed E-state index contributed by atoms with van der Waals surface area (Å²) in [5.41, 5.74) is 0.914. The molecule has 1 radical (unpaired) electrons. The van der Waals surface area contributed by atoms with Crippen molar-refractivity contribution in [1.82, 2.24) is 4.90 Å². The fourth-order valence-corrected chi connectivity index (χ4v) is 2.81. The van der Waals surface area contributed by atoms with Gasteiger partial charge in [0.25, 0.3) is 0 Å². The van der Waals surface area contributed by atoms with Crippen LogP contribution in [-0.2, 0) is 5.11 Å². The molecule has 0 spiro atoms. The maximum atomic E-state index is 12.7. The average Bonchev–Trinajstić information content (AvgIpc) is 2.56. The van der Waals surface area contributed by atoms with Crippen molar-refractivity contribution in [2.45, 2.75) is 45.6 Å². The second-order valence-electron chi connectivity index (χ2n) is 6.10. The molecule has 2 aromatic rings. The summed E-state index contributed by atoms with van der Waals surface area (Å²) in [5.74, 6) is 0. The first-order valence-electron chi connectivity index (χ1n) is 8.61. The predicted octanol–water partition coefficient (Wildman–Crippen LogP) is 5.21. The van der Waals surface area contributed by atoms with Gasteiger partial charge < -0.3 is 4.90 Å². The molecular weight excluding hydrogens is 270 g/mol. The zero-order valence-corrected chi connectivity index (χ0v) is 13.9. The van der Waals surface area contributed by atoms with Crippen LogP contribution in [0.4, 0.5) is 0 Å². The molecule has 2 rings (SSSR count). The van der Waals surface area contributed by atoms with Crippen molar-refractivity contribution in [3.8, 4) is 0 Å². The minimum atomic E-state index is -0.654. The van der Waals surface area contributed by atoms with E-state index in [9.17, 15) is 5.11 Å². The Morgan fingerprint density at radius 3 is 2.18 bits per heavy atom. The molecule has 0 heterocycles. The molecule has 2 aromatic carbocycles. The van der Waals surface area contributed by atoms with Gasteiger partial charge in [0.2, 0.25) is 0 Å². The summed E-state index contributed by atoms with van der Waals surface area (Å²) in [6.45, 7) is 7.12. The third-order valence-corrected chi connectivity index (χ3v) is 4.23. The van der Waals surface area contributed by atoms with Gasteiger partial charge in [-0.15, -0.1) is 0 Å². The first-order chi connectivity index (χ1) is 10.7. The Bertz CT molecular complexity index is 558. The third kappa shape index (κ3) is 4.82. The van der Waals surface area contributed by atoms with Crippen LogP contribution in [0.2, 0.25) is 0 Å². The molecule has 0 saturated carbocycles. The van der Waals surface area contributed by atoms with E-state index in [1.54, 1.807) is 0 Å². The largest absolute Gasteiger partial charge is 0.300 e. The molecule has 0 aliphatic carbocycles. The Balaban J connectivity index is 2.04. The maximum absolute atomic E-state index is 12.7. The number of hydrogen-bond acceptors (Lipinski definition) is 1. The summed E-state index contributed by atoms with van der Waals surface area (Å²) in [5, 5.41) is 15.0. The fraction of sp³-hybridized carbons (Fsp3) is 0.500. The van der Waals surface area contributed by atoms with Crippen molar-refractivity contribution in [3.05, 3.63) is 48.0 Å². The molecule has 1 atom stereocenters. The van der Waals surface area contributed by atoms with Crippen molar-refractivity contribution >= 4 is 10.8 Å². The van der Waals surface area contributed by atoms with E-state index in [-0.39, 0.29) is 0 Å². The summed E-state index contributed by atoms with van der Waals surface area (Å²) in [4.78, 5) is 2.35.